The van der Waals surface area contributed by atoms with Crippen LogP contribution in [0.4, 0.5) is 11.6 Å². The summed E-state index contributed by atoms with van der Waals surface area (Å²) in [4.78, 5) is 7.98. The van der Waals surface area contributed by atoms with E-state index in [0.717, 1.165) is 10.3 Å². The molecule has 0 saturated carbocycles. The first-order valence-corrected chi connectivity index (χ1v) is 5.34. The molecule has 4 nitrogen and oxygen atoms in total. The van der Waals surface area contributed by atoms with E-state index < -0.39 is 0 Å². The molecule has 0 fully saturated rings. The first-order chi connectivity index (χ1) is 6.52. The lowest BCUT2D eigenvalue weighted by Crippen LogP contribution is -2.22. The van der Waals surface area contributed by atoms with E-state index >= 15 is 0 Å². The van der Waals surface area contributed by atoms with E-state index in [1.165, 1.54) is 6.33 Å². The van der Waals surface area contributed by atoms with Gasteiger partial charge in [-0.25, -0.2) is 9.97 Å². The summed E-state index contributed by atoms with van der Waals surface area (Å²) in [6.07, 6.45) is 1.45. The Morgan fingerprint density at radius 1 is 1.36 bits per heavy atom. The summed E-state index contributed by atoms with van der Waals surface area (Å²) >= 11 is 3.35. The smallest absolute Gasteiger partial charge is 0.146 e. The monoisotopic (exact) mass is 258 g/mol. The van der Waals surface area contributed by atoms with Crippen molar-refractivity contribution < 1.29 is 0 Å². The molecular weight excluding hydrogens is 244 g/mol. The molecule has 14 heavy (non-hydrogen) atoms. The van der Waals surface area contributed by atoms with Gasteiger partial charge in [-0.15, -0.1) is 0 Å². The van der Waals surface area contributed by atoms with Gasteiger partial charge in [-0.3, -0.25) is 0 Å². The third-order valence-corrected chi connectivity index (χ3v) is 2.96. The quantitative estimate of drug-likeness (QED) is 0.874. The van der Waals surface area contributed by atoms with Gasteiger partial charge in [-0.2, -0.15) is 0 Å². The lowest BCUT2D eigenvalue weighted by Gasteiger charge is -2.18. The Hall–Kier alpha value is -0.840. The van der Waals surface area contributed by atoms with Crippen molar-refractivity contribution in [2.75, 3.05) is 11.1 Å². The van der Waals surface area contributed by atoms with Crippen molar-refractivity contribution in [3.05, 3.63) is 10.8 Å². The van der Waals surface area contributed by atoms with Gasteiger partial charge >= 0.3 is 0 Å². The van der Waals surface area contributed by atoms with Crippen LogP contribution in [0.2, 0.25) is 0 Å². The van der Waals surface area contributed by atoms with Gasteiger partial charge in [0, 0.05) is 6.04 Å². The summed E-state index contributed by atoms with van der Waals surface area (Å²) in [6, 6.07) is 0.348. The SMILES string of the molecule is CC(C)C(C)Nc1ncnc(N)c1Br. The third-order valence-electron chi connectivity index (χ3n) is 2.18. The number of halogens is 1. The fourth-order valence-corrected chi connectivity index (χ4v) is 1.19. The van der Waals surface area contributed by atoms with Crippen LogP contribution in [-0.2, 0) is 0 Å². The molecule has 0 radical (unpaired) electrons. The molecule has 0 amide bonds. The number of rotatable bonds is 3. The topological polar surface area (TPSA) is 63.8 Å². The van der Waals surface area contributed by atoms with Crippen LogP contribution in [0.5, 0.6) is 0 Å². The lowest BCUT2D eigenvalue weighted by atomic mass is 10.1. The van der Waals surface area contributed by atoms with E-state index in [-0.39, 0.29) is 0 Å². The van der Waals surface area contributed by atoms with Gasteiger partial charge in [0.1, 0.15) is 22.4 Å². The molecule has 0 aliphatic rings. The van der Waals surface area contributed by atoms with Gasteiger partial charge in [-0.05, 0) is 28.8 Å². The minimum atomic E-state index is 0.348. The Kier molecular flexibility index (Phi) is 3.69. The van der Waals surface area contributed by atoms with Crippen molar-refractivity contribution in [2.24, 2.45) is 5.92 Å². The molecule has 1 atom stereocenters. The van der Waals surface area contributed by atoms with Gasteiger partial charge in [0.15, 0.2) is 0 Å². The van der Waals surface area contributed by atoms with E-state index in [1.54, 1.807) is 0 Å². The van der Waals surface area contributed by atoms with E-state index in [9.17, 15) is 0 Å². The maximum atomic E-state index is 5.63. The van der Waals surface area contributed by atoms with Gasteiger partial charge < -0.3 is 11.1 Å². The summed E-state index contributed by atoms with van der Waals surface area (Å²) in [5.41, 5.74) is 5.63. The van der Waals surface area contributed by atoms with Crippen LogP contribution >= 0.6 is 15.9 Å². The number of hydrogen-bond donors (Lipinski definition) is 2. The van der Waals surface area contributed by atoms with Crippen LogP contribution in [0.25, 0.3) is 0 Å². The van der Waals surface area contributed by atoms with Crippen molar-refractivity contribution in [1.82, 2.24) is 9.97 Å². The van der Waals surface area contributed by atoms with Crippen LogP contribution in [0.1, 0.15) is 20.8 Å². The fraction of sp³-hybridized carbons (Fsp3) is 0.556. The second-order valence-electron chi connectivity index (χ2n) is 3.60. The summed E-state index contributed by atoms with van der Waals surface area (Å²) < 4.78 is 0.729. The Labute approximate surface area is 92.5 Å². The predicted octanol–water partition coefficient (Wildman–Crippen LogP) is 2.28. The highest BCUT2D eigenvalue weighted by Gasteiger charge is 2.11. The highest BCUT2D eigenvalue weighted by molar-refractivity contribution is 9.10. The number of nitrogens with zero attached hydrogens (tertiary/aromatic N) is 2. The molecule has 0 aliphatic heterocycles. The van der Waals surface area contributed by atoms with Crippen molar-refractivity contribution in [2.45, 2.75) is 26.8 Å². The summed E-state index contributed by atoms with van der Waals surface area (Å²) in [7, 11) is 0. The number of aromatic nitrogens is 2. The van der Waals surface area contributed by atoms with E-state index in [2.05, 4.69) is 52.0 Å². The highest BCUT2D eigenvalue weighted by Crippen LogP contribution is 2.25. The zero-order valence-corrected chi connectivity index (χ0v) is 10.2. The van der Waals surface area contributed by atoms with Crippen LogP contribution in [-0.4, -0.2) is 16.0 Å². The molecule has 1 unspecified atom stereocenters. The maximum absolute atomic E-state index is 5.63. The molecule has 1 heterocycles. The number of nitrogens with two attached hydrogens (primary N) is 1. The molecule has 1 aromatic rings. The van der Waals surface area contributed by atoms with Gasteiger partial charge in [0.05, 0.1) is 0 Å². The normalized spacial score (nSPS) is 12.9. The summed E-state index contributed by atoms with van der Waals surface area (Å²) in [5, 5.41) is 3.27. The van der Waals surface area contributed by atoms with Crippen LogP contribution in [0.15, 0.2) is 10.8 Å². The first-order valence-electron chi connectivity index (χ1n) is 4.55. The van der Waals surface area contributed by atoms with Crippen LogP contribution in [0.3, 0.4) is 0 Å². The largest absolute Gasteiger partial charge is 0.383 e. The van der Waals surface area contributed by atoms with E-state index in [4.69, 9.17) is 5.73 Å². The zero-order valence-electron chi connectivity index (χ0n) is 8.58. The second-order valence-corrected chi connectivity index (χ2v) is 4.39. The lowest BCUT2D eigenvalue weighted by molar-refractivity contribution is 0.558. The third kappa shape index (κ3) is 2.57. The molecule has 0 aromatic carbocycles. The minimum absolute atomic E-state index is 0.348. The first kappa shape index (κ1) is 11.2. The van der Waals surface area contributed by atoms with Gasteiger partial charge in [-0.1, -0.05) is 13.8 Å². The van der Waals surface area contributed by atoms with Crippen LogP contribution in [0, 0.1) is 5.92 Å². The Balaban J connectivity index is 2.82. The molecule has 1 aromatic heterocycles. The van der Waals surface area contributed by atoms with Crippen molar-refractivity contribution >= 4 is 27.6 Å². The van der Waals surface area contributed by atoms with E-state index in [0.29, 0.717) is 17.8 Å². The fourth-order valence-electron chi connectivity index (χ4n) is 0.866. The van der Waals surface area contributed by atoms with Crippen LogP contribution < -0.4 is 11.1 Å². The number of nitrogen functional groups attached to an aromatic ring is 1. The Morgan fingerprint density at radius 2 is 2.00 bits per heavy atom. The molecule has 3 N–H and O–H groups in total. The summed E-state index contributed by atoms with van der Waals surface area (Å²) in [5.74, 6) is 1.75. The predicted molar refractivity (Wildman–Crippen MR) is 62.1 cm³/mol. The molecular formula is C9H15BrN4. The minimum Gasteiger partial charge on any atom is -0.383 e. The second kappa shape index (κ2) is 4.59. The zero-order chi connectivity index (χ0) is 10.7. The molecule has 5 heteroatoms. The van der Waals surface area contributed by atoms with Gasteiger partial charge in [0.2, 0.25) is 0 Å². The molecule has 1 rings (SSSR count). The van der Waals surface area contributed by atoms with E-state index in [1.807, 2.05) is 0 Å². The molecule has 78 valence electrons. The average molecular weight is 259 g/mol. The number of hydrogen-bond acceptors (Lipinski definition) is 4. The Morgan fingerprint density at radius 3 is 2.57 bits per heavy atom. The standard InChI is InChI=1S/C9H15BrN4/c1-5(2)6(3)14-9-7(10)8(11)12-4-13-9/h4-6H,1-3H3,(H3,11,12,13,14). The number of anilines is 2. The number of nitrogens with one attached hydrogen (secondary N) is 1. The Bertz CT molecular complexity index is 314. The van der Waals surface area contributed by atoms with Gasteiger partial charge in [0.25, 0.3) is 0 Å². The highest BCUT2D eigenvalue weighted by atomic mass is 79.9. The van der Waals surface area contributed by atoms with Crippen molar-refractivity contribution in [1.29, 1.82) is 0 Å². The molecule has 0 aliphatic carbocycles. The molecule has 0 spiro atoms. The molecule has 0 bridgehead atoms. The summed E-state index contributed by atoms with van der Waals surface area (Å²) in [6.45, 7) is 6.40. The van der Waals surface area contributed by atoms with Crippen molar-refractivity contribution in [3.8, 4) is 0 Å². The van der Waals surface area contributed by atoms with Crippen molar-refractivity contribution in [3.63, 3.8) is 0 Å². The molecule has 0 saturated heterocycles. The average Bonchev–Trinajstić information content (AvgIpc) is 2.12. The maximum Gasteiger partial charge on any atom is 0.146 e.